The van der Waals surface area contributed by atoms with E-state index in [2.05, 4.69) is 9.97 Å². The average Bonchev–Trinajstić information content (AvgIpc) is 2.25. The second kappa shape index (κ2) is 3.77. The Bertz CT molecular complexity index is 593. The average molecular weight is 220 g/mol. The minimum atomic E-state index is -0.438. The smallest absolute Gasteiger partial charge is 0.257 e. The molecular formula is C11H9FN2O2. The first kappa shape index (κ1) is 10.4. The Morgan fingerprint density at radius 2 is 2.19 bits per heavy atom. The van der Waals surface area contributed by atoms with Gasteiger partial charge in [-0.1, -0.05) is 12.1 Å². The van der Waals surface area contributed by atoms with Crippen LogP contribution in [0.4, 0.5) is 4.39 Å². The summed E-state index contributed by atoms with van der Waals surface area (Å²) in [7, 11) is 0. The van der Waals surface area contributed by atoms with Gasteiger partial charge in [0.05, 0.1) is 5.56 Å². The molecule has 0 atom stereocenters. The second-order valence-corrected chi connectivity index (χ2v) is 3.37. The molecule has 5 heteroatoms. The Hall–Kier alpha value is -2.17. The van der Waals surface area contributed by atoms with Crippen LogP contribution in [0.2, 0.25) is 0 Å². The van der Waals surface area contributed by atoms with Gasteiger partial charge in [0.1, 0.15) is 11.6 Å². The molecule has 16 heavy (non-hydrogen) atoms. The lowest BCUT2D eigenvalue weighted by molar-refractivity contribution is 0.447. The molecule has 1 aromatic carbocycles. The van der Waals surface area contributed by atoms with Crippen molar-refractivity contribution in [2.75, 3.05) is 0 Å². The molecule has 2 rings (SSSR count). The number of nitrogens with zero attached hydrogens (tertiary/aromatic N) is 1. The van der Waals surface area contributed by atoms with Crippen LogP contribution in [-0.2, 0) is 0 Å². The lowest BCUT2D eigenvalue weighted by Gasteiger charge is -2.03. The third kappa shape index (κ3) is 1.79. The molecule has 0 aliphatic heterocycles. The Labute approximate surface area is 90.4 Å². The van der Waals surface area contributed by atoms with E-state index in [-0.39, 0.29) is 17.3 Å². The summed E-state index contributed by atoms with van der Waals surface area (Å²) in [4.78, 5) is 17.6. The molecule has 0 aliphatic carbocycles. The molecule has 1 aromatic heterocycles. The predicted molar refractivity (Wildman–Crippen MR) is 56.7 cm³/mol. The highest BCUT2D eigenvalue weighted by Gasteiger charge is 2.07. The molecule has 2 aromatic rings. The number of H-pyrrole nitrogens is 1. The maximum Gasteiger partial charge on any atom is 0.257 e. The van der Waals surface area contributed by atoms with Crippen LogP contribution in [0.15, 0.2) is 29.1 Å². The Kier molecular flexibility index (Phi) is 2.44. The summed E-state index contributed by atoms with van der Waals surface area (Å²) in [5.74, 6) is -0.629. The summed E-state index contributed by atoms with van der Waals surface area (Å²) < 4.78 is 13.0. The van der Waals surface area contributed by atoms with Crippen LogP contribution in [0.5, 0.6) is 5.88 Å². The highest BCUT2D eigenvalue weighted by Crippen LogP contribution is 2.17. The topological polar surface area (TPSA) is 66.0 Å². The highest BCUT2D eigenvalue weighted by molar-refractivity contribution is 5.55. The quantitative estimate of drug-likeness (QED) is 0.766. The monoisotopic (exact) mass is 220 g/mol. The van der Waals surface area contributed by atoms with E-state index in [1.807, 2.05) is 0 Å². The molecule has 4 nitrogen and oxygen atoms in total. The van der Waals surface area contributed by atoms with Gasteiger partial charge in [0.15, 0.2) is 0 Å². The van der Waals surface area contributed by atoms with E-state index in [9.17, 15) is 14.3 Å². The maximum atomic E-state index is 13.0. The van der Waals surface area contributed by atoms with Crippen LogP contribution in [-0.4, -0.2) is 15.1 Å². The van der Waals surface area contributed by atoms with Gasteiger partial charge in [-0.25, -0.2) is 4.39 Å². The normalized spacial score (nSPS) is 10.4. The zero-order valence-corrected chi connectivity index (χ0v) is 8.49. The van der Waals surface area contributed by atoms with Gasteiger partial charge >= 0.3 is 0 Å². The van der Waals surface area contributed by atoms with Crippen LogP contribution in [0, 0.1) is 12.7 Å². The molecule has 0 unspecified atom stereocenters. The number of nitrogens with one attached hydrogen (secondary N) is 1. The van der Waals surface area contributed by atoms with Crippen molar-refractivity contribution in [2.24, 2.45) is 0 Å². The summed E-state index contributed by atoms with van der Waals surface area (Å²) in [5, 5.41) is 9.39. The molecule has 0 saturated heterocycles. The molecule has 0 aliphatic rings. The number of halogens is 1. The fraction of sp³-hybridized carbons (Fsp3) is 0.0909. The lowest BCUT2D eigenvalue weighted by atomic mass is 10.2. The SMILES string of the molecule is Cc1c(O)nc(-c2cccc(F)c2)[nH]c1=O. The molecule has 0 radical (unpaired) electrons. The van der Waals surface area contributed by atoms with Crippen molar-refractivity contribution in [2.45, 2.75) is 6.92 Å². The van der Waals surface area contributed by atoms with E-state index in [0.29, 0.717) is 5.56 Å². The minimum Gasteiger partial charge on any atom is -0.493 e. The zero-order valence-electron chi connectivity index (χ0n) is 8.49. The Morgan fingerprint density at radius 3 is 2.81 bits per heavy atom. The Morgan fingerprint density at radius 1 is 1.44 bits per heavy atom. The zero-order chi connectivity index (χ0) is 11.7. The van der Waals surface area contributed by atoms with Crippen molar-refractivity contribution in [3.63, 3.8) is 0 Å². The summed E-state index contributed by atoms with van der Waals surface area (Å²) in [6, 6.07) is 5.61. The Balaban J connectivity index is 2.61. The first-order valence-corrected chi connectivity index (χ1v) is 4.64. The van der Waals surface area contributed by atoms with Crippen LogP contribution in [0.3, 0.4) is 0 Å². The van der Waals surface area contributed by atoms with Gasteiger partial charge in [-0.2, -0.15) is 4.98 Å². The number of aromatic hydroxyl groups is 1. The van der Waals surface area contributed by atoms with Crippen LogP contribution in [0.1, 0.15) is 5.56 Å². The van der Waals surface area contributed by atoms with Gasteiger partial charge in [0, 0.05) is 5.56 Å². The number of hydrogen-bond donors (Lipinski definition) is 2. The van der Waals surface area contributed by atoms with Gasteiger partial charge in [0.25, 0.3) is 5.56 Å². The third-order valence-electron chi connectivity index (χ3n) is 2.22. The first-order chi connectivity index (χ1) is 7.58. The first-order valence-electron chi connectivity index (χ1n) is 4.64. The number of aromatic nitrogens is 2. The van der Waals surface area contributed by atoms with Crippen molar-refractivity contribution in [3.8, 4) is 17.3 Å². The number of hydrogen-bond acceptors (Lipinski definition) is 3. The van der Waals surface area contributed by atoms with Crippen molar-refractivity contribution in [1.82, 2.24) is 9.97 Å². The summed E-state index contributed by atoms with van der Waals surface area (Å²) in [5.41, 5.74) is 0.110. The largest absolute Gasteiger partial charge is 0.493 e. The second-order valence-electron chi connectivity index (χ2n) is 3.37. The molecule has 0 spiro atoms. The van der Waals surface area contributed by atoms with Crippen molar-refractivity contribution in [3.05, 3.63) is 46.0 Å². The van der Waals surface area contributed by atoms with Crippen molar-refractivity contribution >= 4 is 0 Å². The molecule has 0 fully saturated rings. The van der Waals surface area contributed by atoms with Gasteiger partial charge < -0.3 is 10.1 Å². The van der Waals surface area contributed by atoms with Crippen molar-refractivity contribution < 1.29 is 9.50 Å². The molecule has 0 saturated carbocycles. The van der Waals surface area contributed by atoms with Crippen LogP contribution < -0.4 is 5.56 Å². The van der Waals surface area contributed by atoms with E-state index in [0.717, 1.165) is 0 Å². The van der Waals surface area contributed by atoms with Crippen molar-refractivity contribution in [1.29, 1.82) is 0 Å². The minimum absolute atomic E-state index is 0.139. The molecule has 1 heterocycles. The standard InChI is InChI=1S/C11H9FN2O2/c1-6-10(15)13-9(14-11(6)16)7-3-2-4-8(12)5-7/h2-5H,1H3,(H2,13,14,15,16). The molecule has 82 valence electrons. The van der Waals surface area contributed by atoms with E-state index >= 15 is 0 Å². The van der Waals surface area contributed by atoms with Crippen LogP contribution >= 0.6 is 0 Å². The van der Waals surface area contributed by atoms with E-state index in [4.69, 9.17) is 0 Å². The highest BCUT2D eigenvalue weighted by atomic mass is 19.1. The molecule has 0 amide bonds. The fourth-order valence-corrected chi connectivity index (χ4v) is 1.29. The molecule has 0 bridgehead atoms. The van der Waals surface area contributed by atoms with Gasteiger partial charge in [-0.3, -0.25) is 4.79 Å². The van der Waals surface area contributed by atoms with E-state index < -0.39 is 11.4 Å². The maximum absolute atomic E-state index is 13.0. The summed E-state index contributed by atoms with van der Waals surface area (Å²) >= 11 is 0. The molecule has 2 N–H and O–H groups in total. The van der Waals surface area contributed by atoms with E-state index in [1.54, 1.807) is 6.07 Å². The summed E-state index contributed by atoms with van der Waals surface area (Å²) in [6.45, 7) is 1.45. The summed E-state index contributed by atoms with van der Waals surface area (Å²) in [6.07, 6.45) is 0. The van der Waals surface area contributed by atoms with Crippen LogP contribution in [0.25, 0.3) is 11.4 Å². The van der Waals surface area contributed by atoms with Gasteiger partial charge in [-0.15, -0.1) is 0 Å². The van der Waals surface area contributed by atoms with Gasteiger partial charge in [0.2, 0.25) is 5.88 Å². The van der Waals surface area contributed by atoms with E-state index in [1.165, 1.54) is 25.1 Å². The number of aromatic amines is 1. The number of rotatable bonds is 1. The molecular weight excluding hydrogens is 211 g/mol. The predicted octanol–water partition coefficient (Wildman–Crippen LogP) is 1.59. The fourth-order valence-electron chi connectivity index (χ4n) is 1.29. The lowest BCUT2D eigenvalue weighted by Crippen LogP contribution is -2.12. The third-order valence-corrected chi connectivity index (χ3v) is 2.22. The van der Waals surface area contributed by atoms with Gasteiger partial charge in [-0.05, 0) is 19.1 Å². The number of benzene rings is 1.